The van der Waals surface area contributed by atoms with Gasteiger partial charge in [-0.1, -0.05) is 24.8 Å². The zero-order valence-electron chi connectivity index (χ0n) is 13.6. The molecule has 1 aliphatic rings. The van der Waals surface area contributed by atoms with E-state index in [-0.39, 0.29) is 27.9 Å². The van der Waals surface area contributed by atoms with Crippen molar-refractivity contribution in [2.24, 2.45) is 0 Å². The molecule has 0 spiro atoms. The van der Waals surface area contributed by atoms with E-state index in [9.17, 15) is 13.2 Å². The minimum absolute atomic E-state index is 0.00127. The van der Waals surface area contributed by atoms with Crippen molar-refractivity contribution in [3.63, 3.8) is 0 Å². The Morgan fingerprint density at radius 1 is 1.07 bits per heavy atom. The zero-order chi connectivity index (χ0) is 19.2. The molecule has 136 valence electrons. The predicted octanol–water partition coefficient (Wildman–Crippen LogP) is 5.03. The Morgan fingerprint density at radius 2 is 1.85 bits per heavy atom. The van der Waals surface area contributed by atoms with Crippen molar-refractivity contribution in [2.45, 2.75) is 4.90 Å². The molecule has 3 aromatic rings. The second-order valence-corrected chi connectivity index (χ2v) is 9.02. The standard InChI is InChI=1S/C19H11BrO5S2/c1-11-19(21)14-7-6-13(9-16(14)24-11)25-27(22,23)18-5-3-2-4-15(18)17-8-12(20)10-26-17/h2-10H,1H2. The van der Waals surface area contributed by atoms with Gasteiger partial charge < -0.3 is 8.92 Å². The predicted molar refractivity (Wildman–Crippen MR) is 106 cm³/mol. The summed E-state index contributed by atoms with van der Waals surface area (Å²) < 4.78 is 37.2. The molecule has 0 amide bonds. The van der Waals surface area contributed by atoms with E-state index in [2.05, 4.69) is 22.5 Å². The van der Waals surface area contributed by atoms with E-state index in [0.29, 0.717) is 11.1 Å². The van der Waals surface area contributed by atoms with Crippen molar-refractivity contribution in [3.05, 3.63) is 76.3 Å². The molecule has 1 aromatic heterocycles. The number of thiophene rings is 1. The van der Waals surface area contributed by atoms with Crippen molar-refractivity contribution < 1.29 is 22.1 Å². The molecule has 1 aliphatic heterocycles. The molecule has 5 nitrogen and oxygen atoms in total. The second kappa shape index (κ2) is 6.63. The summed E-state index contributed by atoms with van der Waals surface area (Å²) in [5.74, 6) is -0.0433. The third kappa shape index (κ3) is 3.31. The summed E-state index contributed by atoms with van der Waals surface area (Å²) in [6, 6.07) is 12.7. The third-order valence-electron chi connectivity index (χ3n) is 3.88. The maximum absolute atomic E-state index is 12.9. The van der Waals surface area contributed by atoms with Crippen LogP contribution in [0.1, 0.15) is 10.4 Å². The van der Waals surface area contributed by atoms with Crippen molar-refractivity contribution in [3.8, 4) is 21.9 Å². The first-order chi connectivity index (χ1) is 12.8. The number of halogens is 1. The molecule has 8 heteroatoms. The fourth-order valence-electron chi connectivity index (χ4n) is 2.67. The first-order valence-electron chi connectivity index (χ1n) is 7.68. The van der Waals surface area contributed by atoms with E-state index in [1.165, 1.54) is 35.6 Å². The Balaban J connectivity index is 1.71. The summed E-state index contributed by atoms with van der Waals surface area (Å²) in [6.45, 7) is 3.52. The molecule has 0 saturated heterocycles. The van der Waals surface area contributed by atoms with Gasteiger partial charge in [0.2, 0.25) is 5.78 Å². The molecule has 0 bridgehead atoms. The van der Waals surface area contributed by atoms with E-state index in [4.69, 9.17) is 8.92 Å². The Morgan fingerprint density at radius 3 is 2.59 bits per heavy atom. The first kappa shape index (κ1) is 18.0. The SMILES string of the molecule is C=C1Oc2cc(OS(=O)(=O)c3ccccc3-c3cc(Br)cs3)ccc2C1=O. The summed E-state index contributed by atoms with van der Waals surface area (Å²) in [6.07, 6.45) is 0. The van der Waals surface area contributed by atoms with E-state index in [1.54, 1.807) is 18.2 Å². The number of carbonyl (C=O) groups excluding carboxylic acids is 1. The van der Waals surface area contributed by atoms with Crippen molar-refractivity contribution in [1.82, 2.24) is 0 Å². The lowest BCUT2D eigenvalue weighted by Gasteiger charge is -2.11. The summed E-state index contributed by atoms with van der Waals surface area (Å²) in [7, 11) is -4.10. The number of benzene rings is 2. The molecule has 4 rings (SSSR count). The van der Waals surface area contributed by atoms with Gasteiger partial charge in [0.1, 0.15) is 16.4 Å². The second-order valence-electron chi connectivity index (χ2n) is 5.68. The van der Waals surface area contributed by atoms with Crippen LogP contribution in [0.25, 0.3) is 10.4 Å². The minimum Gasteiger partial charge on any atom is -0.453 e. The number of fused-ring (bicyclic) bond motifs is 1. The maximum atomic E-state index is 12.9. The van der Waals surface area contributed by atoms with Gasteiger partial charge in [0.25, 0.3) is 0 Å². The molecule has 0 saturated carbocycles. The number of ketones is 1. The van der Waals surface area contributed by atoms with Crippen LogP contribution < -0.4 is 8.92 Å². The van der Waals surface area contributed by atoms with Crippen LogP contribution in [-0.4, -0.2) is 14.2 Å². The molecule has 0 aliphatic carbocycles. The molecule has 0 unspecified atom stereocenters. The van der Waals surface area contributed by atoms with Crippen molar-refractivity contribution >= 4 is 43.2 Å². The van der Waals surface area contributed by atoms with Gasteiger partial charge in [-0.2, -0.15) is 8.42 Å². The number of hydrogen-bond donors (Lipinski definition) is 0. The van der Waals surface area contributed by atoms with Gasteiger partial charge >= 0.3 is 10.1 Å². The first-order valence-corrected chi connectivity index (χ1v) is 10.8. The van der Waals surface area contributed by atoms with Gasteiger partial charge in [-0.05, 0) is 40.2 Å². The molecular weight excluding hydrogens is 452 g/mol. The quantitative estimate of drug-likeness (QED) is 0.401. The molecule has 2 aromatic carbocycles. The fourth-order valence-corrected chi connectivity index (χ4v) is 5.34. The lowest BCUT2D eigenvalue weighted by atomic mass is 10.1. The number of Topliss-reactive ketones (excluding diaryl/α,β-unsaturated/α-hetero) is 1. The van der Waals surface area contributed by atoms with E-state index >= 15 is 0 Å². The number of rotatable bonds is 4. The van der Waals surface area contributed by atoms with Crippen LogP contribution in [0, 0.1) is 0 Å². The Bertz CT molecular complexity index is 1190. The molecule has 0 N–H and O–H groups in total. The highest BCUT2D eigenvalue weighted by atomic mass is 79.9. The van der Waals surface area contributed by atoms with Gasteiger partial charge in [0.05, 0.1) is 5.56 Å². The lowest BCUT2D eigenvalue weighted by molar-refractivity contribution is 0.101. The Kier molecular flexibility index (Phi) is 4.41. The summed E-state index contributed by atoms with van der Waals surface area (Å²) in [4.78, 5) is 12.7. The van der Waals surface area contributed by atoms with Gasteiger partial charge in [0, 0.05) is 26.4 Å². The van der Waals surface area contributed by atoms with Crippen LogP contribution in [0.3, 0.4) is 0 Å². The summed E-state index contributed by atoms with van der Waals surface area (Å²) >= 11 is 4.80. The van der Waals surface area contributed by atoms with Crippen LogP contribution in [-0.2, 0) is 10.1 Å². The molecule has 0 atom stereocenters. The van der Waals surface area contributed by atoms with Crippen LogP contribution in [0.5, 0.6) is 11.5 Å². The molecule has 2 heterocycles. The van der Waals surface area contributed by atoms with Crippen molar-refractivity contribution in [2.75, 3.05) is 0 Å². The normalized spacial score (nSPS) is 13.4. The lowest BCUT2D eigenvalue weighted by Crippen LogP contribution is -2.11. The van der Waals surface area contributed by atoms with Crippen LogP contribution in [0.4, 0.5) is 0 Å². The third-order valence-corrected chi connectivity index (χ3v) is 6.91. The molecule has 27 heavy (non-hydrogen) atoms. The largest absolute Gasteiger partial charge is 0.453 e. The number of allylic oxidation sites excluding steroid dienone is 1. The van der Waals surface area contributed by atoms with E-state index in [1.807, 2.05) is 11.4 Å². The van der Waals surface area contributed by atoms with E-state index in [0.717, 1.165) is 9.35 Å². The Labute approximate surface area is 168 Å². The van der Waals surface area contributed by atoms with Gasteiger partial charge in [-0.15, -0.1) is 11.3 Å². The smallest absolute Gasteiger partial charge is 0.339 e. The summed E-state index contributed by atoms with van der Waals surface area (Å²) in [5.41, 5.74) is 0.878. The van der Waals surface area contributed by atoms with Gasteiger partial charge in [-0.3, -0.25) is 4.79 Å². The fraction of sp³-hybridized carbons (Fsp3) is 0. The Hall–Kier alpha value is -2.42. The highest BCUT2D eigenvalue weighted by Crippen LogP contribution is 2.37. The van der Waals surface area contributed by atoms with Crippen LogP contribution >= 0.6 is 27.3 Å². The number of hydrogen-bond acceptors (Lipinski definition) is 6. The van der Waals surface area contributed by atoms with Crippen LogP contribution in [0.2, 0.25) is 0 Å². The van der Waals surface area contributed by atoms with Crippen LogP contribution in [0.15, 0.2) is 75.6 Å². The average molecular weight is 463 g/mol. The topological polar surface area (TPSA) is 69.7 Å². The molecule has 0 radical (unpaired) electrons. The monoisotopic (exact) mass is 462 g/mol. The zero-order valence-corrected chi connectivity index (χ0v) is 16.9. The van der Waals surface area contributed by atoms with Gasteiger partial charge in [-0.25, -0.2) is 0 Å². The maximum Gasteiger partial charge on any atom is 0.339 e. The summed E-state index contributed by atoms with van der Waals surface area (Å²) in [5, 5.41) is 1.88. The average Bonchev–Trinajstić information content (AvgIpc) is 3.18. The highest BCUT2D eigenvalue weighted by molar-refractivity contribution is 9.10. The molecule has 0 fully saturated rings. The highest BCUT2D eigenvalue weighted by Gasteiger charge is 2.28. The number of carbonyl (C=O) groups is 1. The number of ether oxygens (including phenoxy) is 1. The minimum atomic E-state index is -4.10. The van der Waals surface area contributed by atoms with Gasteiger partial charge in [0.15, 0.2) is 5.76 Å². The molecular formula is C19H11BrO5S2. The van der Waals surface area contributed by atoms with E-state index < -0.39 is 10.1 Å². The van der Waals surface area contributed by atoms with Crippen molar-refractivity contribution in [1.29, 1.82) is 0 Å².